The molecule has 138 valence electrons. The van der Waals surface area contributed by atoms with Gasteiger partial charge in [-0.15, -0.1) is 0 Å². The molecule has 1 aromatic carbocycles. The summed E-state index contributed by atoms with van der Waals surface area (Å²) in [6, 6.07) is 14.8. The molecule has 0 fully saturated rings. The molecular formula is C21H27ClN4. The van der Waals surface area contributed by atoms with Crippen LogP contribution in [0.2, 0.25) is 5.02 Å². The smallest absolute Gasteiger partial charge is 0.0827 e. The van der Waals surface area contributed by atoms with Gasteiger partial charge in [-0.05, 0) is 62.2 Å². The Hall–Kier alpha value is -1.91. The number of nitrogens with one attached hydrogen (secondary N) is 2. The van der Waals surface area contributed by atoms with Crippen molar-refractivity contribution in [2.75, 3.05) is 19.6 Å². The molecule has 26 heavy (non-hydrogen) atoms. The van der Waals surface area contributed by atoms with Crippen LogP contribution in [0.4, 0.5) is 0 Å². The summed E-state index contributed by atoms with van der Waals surface area (Å²) in [5, 5.41) is 7.64. The summed E-state index contributed by atoms with van der Waals surface area (Å²) in [6.45, 7) is 2.97. The summed E-state index contributed by atoms with van der Waals surface area (Å²) in [7, 11) is 0. The first-order valence-corrected chi connectivity index (χ1v) is 9.82. The van der Waals surface area contributed by atoms with Crippen LogP contribution in [0.5, 0.6) is 0 Å². The number of nitrogens with zero attached hydrogens (tertiary/aromatic N) is 2. The second-order valence-electron chi connectivity index (χ2n) is 6.75. The Balaban J connectivity index is 1.43. The number of aliphatic imine (C=N–C) groups is 1. The highest BCUT2D eigenvalue weighted by molar-refractivity contribution is 6.30. The molecule has 5 heteroatoms. The maximum Gasteiger partial charge on any atom is 0.0827 e. The molecule has 2 atom stereocenters. The van der Waals surface area contributed by atoms with Gasteiger partial charge >= 0.3 is 0 Å². The quantitative estimate of drug-likeness (QED) is 0.621. The minimum atomic E-state index is 0.292. The van der Waals surface area contributed by atoms with Gasteiger partial charge in [-0.3, -0.25) is 9.98 Å². The number of rotatable bonds is 10. The molecule has 1 aliphatic rings. The van der Waals surface area contributed by atoms with Crippen molar-refractivity contribution in [3.05, 3.63) is 64.9 Å². The second kappa shape index (κ2) is 10.3. The van der Waals surface area contributed by atoms with E-state index in [2.05, 4.69) is 44.9 Å². The van der Waals surface area contributed by atoms with Crippen molar-refractivity contribution in [1.82, 2.24) is 15.6 Å². The summed E-state index contributed by atoms with van der Waals surface area (Å²) in [5.41, 5.74) is 2.38. The lowest BCUT2D eigenvalue weighted by molar-refractivity contribution is 0.527. The van der Waals surface area contributed by atoms with Crippen molar-refractivity contribution in [2.24, 2.45) is 4.99 Å². The zero-order valence-electron chi connectivity index (χ0n) is 15.1. The van der Waals surface area contributed by atoms with Gasteiger partial charge in [-0.25, -0.2) is 0 Å². The Morgan fingerprint density at radius 2 is 2.00 bits per heavy atom. The highest BCUT2D eigenvalue weighted by atomic mass is 35.5. The Labute approximate surface area is 161 Å². The molecule has 0 amide bonds. The average molecular weight is 371 g/mol. The van der Waals surface area contributed by atoms with Gasteiger partial charge in [0.25, 0.3) is 0 Å². The minimum absolute atomic E-state index is 0.292. The van der Waals surface area contributed by atoms with Gasteiger partial charge in [0.05, 0.1) is 12.9 Å². The number of hydrogen-bond donors (Lipinski definition) is 2. The Bertz CT molecular complexity index is 664. The van der Waals surface area contributed by atoms with Crippen molar-refractivity contribution >= 4 is 17.9 Å². The lowest BCUT2D eigenvalue weighted by atomic mass is 9.92. The van der Waals surface area contributed by atoms with Crippen molar-refractivity contribution in [3.63, 3.8) is 0 Å². The lowest BCUT2D eigenvalue weighted by Crippen LogP contribution is -2.25. The number of pyridine rings is 1. The van der Waals surface area contributed by atoms with Gasteiger partial charge in [-0.1, -0.05) is 36.2 Å². The van der Waals surface area contributed by atoms with Crippen molar-refractivity contribution < 1.29 is 0 Å². The van der Waals surface area contributed by atoms with Gasteiger partial charge < -0.3 is 10.6 Å². The molecule has 2 N–H and O–H groups in total. The summed E-state index contributed by atoms with van der Waals surface area (Å²) < 4.78 is 0. The first kappa shape index (κ1) is 18.9. The van der Waals surface area contributed by atoms with E-state index >= 15 is 0 Å². The maximum atomic E-state index is 6.04. The Kier molecular flexibility index (Phi) is 7.47. The number of unbranched alkanes of at least 4 members (excludes halogenated alkanes) is 1. The molecule has 0 bridgehead atoms. The second-order valence-corrected chi connectivity index (χ2v) is 7.19. The first-order chi connectivity index (χ1) is 12.8. The van der Waals surface area contributed by atoms with Crippen LogP contribution >= 0.6 is 11.6 Å². The number of halogens is 1. The van der Waals surface area contributed by atoms with E-state index in [9.17, 15) is 0 Å². The van der Waals surface area contributed by atoms with Crippen LogP contribution in [-0.4, -0.2) is 37.0 Å². The van der Waals surface area contributed by atoms with Crippen molar-refractivity contribution in [2.45, 2.75) is 37.6 Å². The van der Waals surface area contributed by atoms with E-state index in [-0.39, 0.29) is 0 Å². The molecule has 0 radical (unpaired) electrons. The Morgan fingerprint density at radius 3 is 2.73 bits per heavy atom. The molecule has 2 aromatic rings. The average Bonchev–Trinajstić information content (AvgIpc) is 3.19. The van der Waals surface area contributed by atoms with E-state index in [0.717, 1.165) is 36.8 Å². The third kappa shape index (κ3) is 5.82. The van der Waals surface area contributed by atoms with E-state index < -0.39 is 0 Å². The SMILES string of the molecule is Clc1ccc(C(CCNCCCCC2CN=CN2)c2ccccn2)cc1. The van der Waals surface area contributed by atoms with Crippen molar-refractivity contribution in [1.29, 1.82) is 0 Å². The van der Waals surface area contributed by atoms with E-state index in [1.54, 1.807) is 0 Å². The van der Waals surface area contributed by atoms with E-state index in [1.807, 2.05) is 30.7 Å². The van der Waals surface area contributed by atoms with Crippen molar-refractivity contribution in [3.8, 4) is 0 Å². The molecule has 0 spiro atoms. The fourth-order valence-corrected chi connectivity index (χ4v) is 3.47. The van der Waals surface area contributed by atoms with Crippen LogP contribution in [0.3, 0.4) is 0 Å². The van der Waals surface area contributed by atoms with E-state index in [4.69, 9.17) is 11.6 Å². The summed E-state index contributed by atoms with van der Waals surface area (Å²) in [4.78, 5) is 8.78. The number of aromatic nitrogens is 1. The lowest BCUT2D eigenvalue weighted by Gasteiger charge is -2.17. The topological polar surface area (TPSA) is 49.3 Å². The molecule has 0 saturated heterocycles. The fourth-order valence-electron chi connectivity index (χ4n) is 3.34. The normalized spacial score (nSPS) is 17.2. The summed E-state index contributed by atoms with van der Waals surface area (Å²) in [5.74, 6) is 0.292. The standard InChI is InChI=1S/C21H27ClN4/c22-18-9-7-17(8-10-18)20(21-6-2-4-13-25-21)11-14-23-12-3-1-5-19-15-24-16-26-19/h2,4,6-10,13,16,19-20,23H,1,3,5,11-12,14-15H2,(H,24,26). The molecular weight excluding hydrogens is 344 g/mol. The predicted octanol–water partition coefficient (Wildman–Crippen LogP) is 4.02. The summed E-state index contributed by atoms with van der Waals surface area (Å²) >= 11 is 6.04. The summed E-state index contributed by atoms with van der Waals surface area (Å²) in [6.07, 6.45) is 8.35. The van der Waals surface area contributed by atoms with Crippen LogP contribution in [0.15, 0.2) is 53.7 Å². The number of hydrogen-bond acceptors (Lipinski definition) is 4. The highest BCUT2D eigenvalue weighted by Gasteiger charge is 2.15. The minimum Gasteiger partial charge on any atom is -0.372 e. The molecule has 4 nitrogen and oxygen atoms in total. The molecule has 2 heterocycles. The van der Waals surface area contributed by atoms with Gasteiger partial charge in [0.2, 0.25) is 0 Å². The number of benzene rings is 1. The molecule has 0 saturated carbocycles. The van der Waals surface area contributed by atoms with Crippen LogP contribution in [0.1, 0.15) is 42.9 Å². The fraction of sp³-hybridized carbons (Fsp3) is 0.429. The van der Waals surface area contributed by atoms with Crippen LogP contribution < -0.4 is 10.6 Å². The van der Waals surface area contributed by atoms with E-state index in [0.29, 0.717) is 12.0 Å². The molecule has 1 aliphatic heterocycles. The maximum absolute atomic E-state index is 6.04. The predicted molar refractivity (Wildman–Crippen MR) is 109 cm³/mol. The molecule has 1 aromatic heterocycles. The van der Waals surface area contributed by atoms with Gasteiger partial charge in [-0.2, -0.15) is 0 Å². The molecule has 3 rings (SSSR count). The Morgan fingerprint density at radius 1 is 1.12 bits per heavy atom. The third-order valence-electron chi connectivity index (χ3n) is 4.81. The first-order valence-electron chi connectivity index (χ1n) is 9.44. The molecule has 0 aliphatic carbocycles. The zero-order chi connectivity index (χ0) is 18.0. The zero-order valence-corrected chi connectivity index (χ0v) is 15.8. The monoisotopic (exact) mass is 370 g/mol. The largest absolute Gasteiger partial charge is 0.372 e. The van der Waals surface area contributed by atoms with Gasteiger partial charge in [0.15, 0.2) is 0 Å². The van der Waals surface area contributed by atoms with E-state index in [1.165, 1.54) is 24.8 Å². The van der Waals surface area contributed by atoms with Crippen LogP contribution in [0, 0.1) is 0 Å². The van der Waals surface area contributed by atoms with Crippen LogP contribution in [0.25, 0.3) is 0 Å². The van der Waals surface area contributed by atoms with Gasteiger partial charge in [0, 0.05) is 28.9 Å². The highest BCUT2D eigenvalue weighted by Crippen LogP contribution is 2.27. The van der Waals surface area contributed by atoms with Crippen LogP contribution in [-0.2, 0) is 0 Å². The third-order valence-corrected chi connectivity index (χ3v) is 5.06. The molecule has 2 unspecified atom stereocenters. The van der Waals surface area contributed by atoms with Gasteiger partial charge in [0.1, 0.15) is 0 Å².